The number of fused-ring (bicyclic) bond motifs is 1. The third kappa shape index (κ3) is 2.71. The lowest BCUT2D eigenvalue weighted by molar-refractivity contribution is 0.120. The van der Waals surface area contributed by atoms with E-state index < -0.39 is 0 Å². The molecule has 24 heavy (non-hydrogen) atoms. The van der Waals surface area contributed by atoms with E-state index in [0.29, 0.717) is 17.9 Å². The molecule has 3 heterocycles. The highest BCUT2D eigenvalue weighted by atomic mass is 19.1. The number of aryl methyl sites for hydroxylation is 1. The number of ether oxygens (including phenoxy) is 1. The van der Waals surface area contributed by atoms with Gasteiger partial charge in [0, 0.05) is 13.2 Å². The van der Waals surface area contributed by atoms with Crippen molar-refractivity contribution in [2.24, 2.45) is 0 Å². The van der Waals surface area contributed by atoms with Gasteiger partial charge in [-0.2, -0.15) is 5.10 Å². The Bertz CT molecular complexity index is 873. The Morgan fingerprint density at radius 1 is 1.38 bits per heavy atom. The van der Waals surface area contributed by atoms with Gasteiger partial charge in [-0.05, 0) is 38.0 Å². The highest BCUT2D eigenvalue weighted by Gasteiger charge is 2.18. The molecule has 1 atom stereocenters. The molecule has 0 bridgehead atoms. The molecule has 7 heteroatoms. The number of benzene rings is 1. The van der Waals surface area contributed by atoms with Crippen molar-refractivity contribution in [2.45, 2.75) is 25.9 Å². The van der Waals surface area contributed by atoms with Crippen LogP contribution in [-0.2, 0) is 4.74 Å². The molecule has 0 spiro atoms. The normalized spacial score (nSPS) is 17.5. The Morgan fingerprint density at radius 3 is 3.08 bits per heavy atom. The summed E-state index contributed by atoms with van der Waals surface area (Å²) in [6.45, 7) is 3.43. The van der Waals surface area contributed by atoms with E-state index in [1.807, 2.05) is 6.92 Å². The molecule has 3 aromatic rings. The van der Waals surface area contributed by atoms with Gasteiger partial charge in [0.2, 0.25) is 0 Å². The van der Waals surface area contributed by atoms with E-state index in [4.69, 9.17) is 4.74 Å². The highest BCUT2D eigenvalue weighted by molar-refractivity contribution is 5.90. The van der Waals surface area contributed by atoms with Gasteiger partial charge in [0.15, 0.2) is 5.65 Å². The molecule has 0 radical (unpaired) electrons. The van der Waals surface area contributed by atoms with Gasteiger partial charge in [0.25, 0.3) is 0 Å². The predicted octanol–water partition coefficient (Wildman–Crippen LogP) is 2.85. The van der Waals surface area contributed by atoms with Crippen LogP contribution in [0.1, 0.15) is 18.5 Å². The van der Waals surface area contributed by atoms with Gasteiger partial charge in [-0.3, -0.25) is 0 Å². The molecule has 1 saturated heterocycles. The Morgan fingerprint density at radius 2 is 2.29 bits per heavy atom. The number of anilines is 1. The Kier molecular flexibility index (Phi) is 3.86. The van der Waals surface area contributed by atoms with Crippen LogP contribution < -0.4 is 5.32 Å². The summed E-state index contributed by atoms with van der Waals surface area (Å²) in [5.74, 6) is 0.426. The van der Waals surface area contributed by atoms with Crippen molar-refractivity contribution in [2.75, 3.05) is 18.5 Å². The number of aromatic nitrogens is 4. The lowest BCUT2D eigenvalue weighted by Gasteiger charge is -2.11. The monoisotopic (exact) mass is 327 g/mol. The highest BCUT2D eigenvalue weighted by Crippen LogP contribution is 2.26. The number of nitrogens with zero attached hydrogens (tertiary/aromatic N) is 4. The second-order valence-corrected chi connectivity index (χ2v) is 5.91. The fourth-order valence-electron chi connectivity index (χ4n) is 3.06. The first-order chi connectivity index (χ1) is 11.7. The number of hydrogen-bond donors (Lipinski definition) is 1. The van der Waals surface area contributed by atoms with E-state index in [2.05, 4.69) is 20.4 Å². The molecule has 1 unspecified atom stereocenters. The number of halogens is 1. The Labute approximate surface area is 138 Å². The van der Waals surface area contributed by atoms with E-state index >= 15 is 0 Å². The lowest BCUT2D eigenvalue weighted by atomic mass is 10.2. The molecular weight excluding hydrogens is 309 g/mol. The minimum Gasteiger partial charge on any atom is -0.376 e. The van der Waals surface area contributed by atoms with Crippen molar-refractivity contribution in [3.63, 3.8) is 0 Å². The van der Waals surface area contributed by atoms with Crippen LogP contribution in [0, 0.1) is 12.7 Å². The first-order valence-corrected chi connectivity index (χ1v) is 8.04. The largest absolute Gasteiger partial charge is 0.376 e. The minimum atomic E-state index is -0.306. The number of rotatable bonds is 4. The SMILES string of the molecule is Cc1nn(-c2cccc(F)c2)c2ncnc(NCC3CCCO3)c12. The van der Waals surface area contributed by atoms with Crippen molar-refractivity contribution in [3.8, 4) is 5.69 Å². The molecule has 6 nitrogen and oxygen atoms in total. The van der Waals surface area contributed by atoms with Gasteiger partial charge in [-0.1, -0.05) is 6.07 Å². The Hall–Kier alpha value is -2.54. The molecule has 1 fully saturated rings. The van der Waals surface area contributed by atoms with E-state index in [0.717, 1.165) is 36.3 Å². The van der Waals surface area contributed by atoms with E-state index in [9.17, 15) is 4.39 Å². The van der Waals surface area contributed by atoms with Gasteiger partial charge in [-0.25, -0.2) is 19.0 Å². The standard InChI is InChI=1S/C17H18FN5O/c1-11-15-16(19-9-14-6-3-7-24-14)20-10-21-17(15)23(22-11)13-5-2-4-12(18)8-13/h2,4-5,8,10,14H,3,6-7,9H2,1H3,(H,19,20,21). The summed E-state index contributed by atoms with van der Waals surface area (Å²) in [5.41, 5.74) is 2.09. The van der Waals surface area contributed by atoms with Gasteiger partial charge in [-0.15, -0.1) is 0 Å². The van der Waals surface area contributed by atoms with Crippen LogP contribution >= 0.6 is 0 Å². The summed E-state index contributed by atoms with van der Waals surface area (Å²) in [6, 6.07) is 6.31. The van der Waals surface area contributed by atoms with Crippen molar-refractivity contribution < 1.29 is 9.13 Å². The maximum absolute atomic E-state index is 13.5. The maximum Gasteiger partial charge on any atom is 0.168 e. The fourth-order valence-corrected chi connectivity index (χ4v) is 3.06. The smallest absolute Gasteiger partial charge is 0.168 e. The van der Waals surface area contributed by atoms with E-state index in [1.165, 1.54) is 18.5 Å². The molecule has 0 aliphatic carbocycles. The quantitative estimate of drug-likeness (QED) is 0.798. The van der Waals surface area contributed by atoms with Gasteiger partial charge >= 0.3 is 0 Å². The summed E-state index contributed by atoms with van der Waals surface area (Å²) in [6.07, 6.45) is 3.87. The van der Waals surface area contributed by atoms with Crippen LogP contribution in [0.25, 0.3) is 16.7 Å². The van der Waals surface area contributed by atoms with Crippen LogP contribution in [0.3, 0.4) is 0 Å². The zero-order valence-corrected chi connectivity index (χ0v) is 13.4. The summed E-state index contributed by atoms with van der Waals surface area (Å²) in [7, 11) is 0. The summed E-state index contributed by atoms with van der Waals surface area (Å²) < 4.78 is 20.8. The average Bonchev–Trinajstić information content (AvgIpc) is 3.21. The molecule has 1 aromatic carbocycles. The lowest BCUT2D eigenvalue weighted by Crippen LogP contribution is -2.19. The number of nitrogens with one attached hydrogen (secondary N) is 1. The first-order valence-electron chi connectivity index (χ1n) is 8.04. The predicted molar refractivity (Wildman–Crippen MR) is 88.8 cm³/mol. The van der Waals surface area contributed by atoms with Crippen molar-refractivity contribution in [1.29, 1.82) is 0 Å². The molecule has 4 rings (SSSR count). The average molecular weight is 327 g/mol. The molecule has 0 amide bonds. The summed E-state index contributed by atoms with van der Waals surface area (Å²) in [5, 5.41) is 8.71. The minimum absolute atomic E-state index is 0.216. The van der Waals surface area contributed by atoms with Crippen LogP contribution in [0.15, 0.2) is 30.6 Å². The first kappa shape index (κ1) is 15.0. The molecular formula is C17H18FN5O. The van der Waals surface area contributed by atoms with Gasteiger partial charge in [0.1, 0.15) is 18.0 Å². The molecule has 0 saturated carbocycles. The van der Waals surface area contributed by atoms with Crippen LogP contribution in [0.5, 0.6) is 0 Å². The van der Waals surface area contributed by atoms with Gasteiger partial charge in [0.05, 0.1) is 22.9 Å². The fraction of sp³-hybridized carbons (Fsp3) is 0.353. The van der Waals surface area contributed by atoms with Crippen LogP contribution in [-0.4, -0.2) is 39.0 Å². The molecule has 1 aliphatic rings. The Balaban J connectivity index is 1.72. The third-order valence-electron chi connectivity index (χ3n) is 4.21. The zero-order valence-electron chi connectivity index (χ0n) is 13.4. The van der Waals surface area contributed by atoms with Crippen molar-refractivity contribution in [1.82, 2.24) is 19.7 Å². The van der Waals surface area contributed by atoms with E-state index in [1.54, 1.807) is 16.8 Å². The van der Waals surface area contributed by atoms with E-state index in [-0.39, 0.29) is 11.9 Å². The van der Waals surface area contributed by atoms with Crippen LogP contribution in [0.4, 0.5) is 10.2 Å². The number of hydrogen-bond acceptors (Lipinski definition) is 5. The topological polar surface area (TPSA) is 64.9 Å². The second-order valence-electron chi connectivity index (χ2n) is 5.91. The zero-order chi connectivity index (χ0) is 16.5. The summed E-state index contributed by atoms with van der Waals surface area (Å²) in [4.78, 5) is 8.69. The molecule has 2 aromatic heterocycles. The molecule has 1 aliphatic heterocycles. The summed E-state index contributed by atoms with van der Waals surface area (Å²) >= 11 is 0. The van der Waals surface area contributed by atoms with Crippen LogP contribution in [0.2, 0.25) is 0 Å². The van der Waals surface area contributed by atoms with Crippen molar-refractivity contribution >= 4 is 16.9 Å². The molecule has 1 N–H and O–H groups in total. The van der Waals surface area contributed by atoms with Gasteiger partial charge < -0.3 is 10.1 Å². The molecule has 124 valence electrons. The maximum atomic E-state index is 13.5. The third-order valence-corrected chi connectivity index (χ3v) is 4.21. The second kappa shape index (κ2) is 6.16. The van der Waals surface area contributed by atoms with Crippen molar-refractivity contribution in [3.05, 3.63) is 42.1 Å².